The molecule has 2 aromatic heterocycles. The highest BCUT2D eigenvalue weighted by molar-refractivity contribution is 7.10. The molecule has 0 saturated carbocycles. The average molecular weight is 445 g/mol. The third kappa shape index (κ3) is 3.78. The highest BCUT2D eigenvalue weighted by Gasteiger charge is 2.24. The number of hydrogen-bond donors (Lipinski definition) is 1. The molecule has 2 amide bonds. The lowest BCUT2D eigenvalue weighted by molar-refractivity contribution is 0.0735. The summed E-state index contributed by atoms with van der Waals surface area (Å²) >= 11 is 1.75. The third-order valence-electron chi connectivity index (χ3n) is 5.65. The molecule has 0 fully saturated rings. The minimum absolute atomic E-state index is 0.0127. The quantitative estimate of drug-likeness (QED) is 0.520. The van der Waals surface area contributed by atoms with Gasteiger partial charge in [0.15, 0.2) is 0 Å². The largest absolute Gasteiger partial charge is 0.334 e. The zero-order chi connectivity index (χ0) is 22.1. The maximum absolute atomic E-state index is 13.2. The fourth-order valence-electron chi connectivity index (χ4n) is 3.83. The number of aromatic nitrogens is 4. The molecule has 3 heterocycles. The number of fused-ring (bicyclic) bond motifs is 1. The number of thiophene rings is 1. The van der Waals surface area contributed by atoms with E-state index in [9.17, 15) is 9.59 Å². The number of benzene rings is 2. The van der Waals surface area contributed by atoms with Gasteiger partial charge in [0.2, 0.25) is 0 Å². The molecular formula is C23H20N6O2S. The SMILES string of the molecule is Cc1c(NC(=O)c2ccc(-n3cnnn3)cc2)cccc1C(=O)N1CCc2sccc2C1. The molecule has 0 aliphatic carbocycles. The first-order chi connectivity index (χ1) is 15.6. The van der Waals surface area contributed by atoms with Crippen molar-refractivity contribution in [3.63, 3.8) is 0 Å². The van der Waals surface area contributed by atoms with Crippen LogP contribution in [0, 0.1) is 6.92 Å². The highest BCUT2D eigenvalue weighted by atomic mass is 32.1. The van der Waals surface area contributed by atoms with Crippen molar-refractivity contribution in [3.05, 3.63) is 87.4 Å². The molecule has 0 saturated heterocycles. The van der Waals surface area contributed by atoms with E-state index in [4.69, 9.17) is 0 Å². The Hall–Kier alpha value is -3.85. The van der Waals surface area contributed by atoms with Crippen molar-refractivity contribution in [2.24, 2.45) is 0 Å². The fourth-order valence-corrected chi connectivity index (χ4v) is 4.72. The number of hydrogen-bond acceptors (Lipinski definition) is 6. The Morgan fingerprint density at radius 2 is 1.94 bits per heavy atom. The fraction of sp³-hybridized carbons (Fsp3) is 0.174. The molecule has 32 heavy (non-hydrogen) atoms. The van der Waals surface area contributed by atoms with Crippen LogP contribution in [0.15, 0.2) is 60.2 Å². The molecule has 0 radical (unpaired) electrons. The molecule has 5 rings (SSSR count). The zero-order valence-corrected chi connectivity index (χ0v) is 18.2. The van der Waals surface area contributed by atoms with E-state index < -0.39 is 0 Å². The Labute approximate surface area is 188 Å². The maximum Gasteiger partial charge on any atom is 0.255 e. The summed E-state index contributed by atoms with van der Waals surface area (Å²) in [5.41, 5.74) is 4.47. The first kappa shape index (κ1) is 20.1. The predicted molar refractivity (Wildman–Crippen MR) is 121 cm³/mol. The number of amides is 2. The molecule has 4 aromatic rings. The van der Waals surface area contributed by atoms with Crippen LogP contribution < -0.4 is 5.32 Å². The van der Waals surface area contributed by atoms with E-state index in [-0.39, 0.29) is 11.8 Å². The Kier molecular flexibility index (Phi) is 5.24. The van der Waals surface area contributed by atoms with E-state index in [1.165, 1.54) is 21.4 Å². The molecule has 0 bridgehead atoms. The van der Waals surface area contributed by atoms with Gasteiger partial charge in [-0.1, -0.05) is 6.07 Å². The van der Waals surface area contributed by atoms with Crippen molar-refractivity contribution < 1.29 is 9.59 Å². The van der Waals surface area contributed by atoms with Crippen LogP contribution in [0.5, 0.6) is 0 Å². The highest BCUT2D eigenvalue weighted by Crippen LogP contribution is 2.27. The smallest absolute Gasteiger partial charge is 0.255 e. The molecule has 1 N–H and O–H groups in total. The van der Waals surface area contributed by atoms with Gasteiger partial charge in [-0.25, -0.2) is 4.68 Å². The van der Waals surface area contributed by atoms with Crippen LogP contribution >= 0.6 is 11.3 Å². The van der Waals surface area contributed by atoms with E-state index >= 15 is 0 Å². The number of carbonyl (C=O) groups is 2. The van der Waals surface area contributed by atoms with Gasteiger partial charge in [-0.2, -0.15) is 0 Å². The van der Waals surface area contributed by atoms with Crippen LogP contribution in [0.4, 0.5) is 5.69 Å². The lowest BCUT2D eigenvalue weighted by Crippen LogP contribution is -2.35. The minimum Gasteiger partial charge on any atom is -0.334 e. The van der Waals surface area contributed by atoms with Gasteiger partial charge in [-0.05, 0) is 82.7 Å². The van der Waals surface area contributed by atoms with Gasteiger partial charge in [-0.3, -0.25) is 9.59 Å². The van der Waals surface area contributed by atoms with Gasteiger partial charge in [-0.15, -0.1) is 16.4 Å². The average Bonchev–Trinajstić information content (AvgIpc) is 3.52. The van der Waals surface area contributed by atoms with Crippen molar-refractivity contribution in [1.82, 2.24) is 25.1 Å². The topological polar surface area (TPSA) is 93.0 Å². The molecule has 1 aliphatic rings. The molecule has 0 unspecified atom stereocenters. The second-order valence-electron chi connectivity index (χ2n) is 7.58. The molecule has 2 aromatic carbocycles. The monoisotopic (exact) mass is 444 g/mol. The van der Waals surface area contributed by atoms with E-state index in [0.717, 1.165) is 17.7 Å². The van der Waals surface area contributed by atoms with Gasteiger partial charge in [0.05, 0.1) is 5.69 Å². The van der Waals surface area contributed by atoms with Crippen molar-refractivity contribution >= 4 is 28.8 Å². The Morgan fingerprint density at radius 3 is 2.72 bits per heavy atom. The van der Waals surface area contributed by atoms with Crippen LogP contribution in [0.3, 0.4) is 0 Å². The molecule has 160 valence electrons. The normalized spacial score (nSPS) is 13.0. The Bertz CT molecular complexity index is 1280. The van der Waals surface area contributed by atoms with Gasteiger partial charge in [0.25, 0.3) is 11.8 Å². The lowest BCUT2D eigenvalue weighted by atomic mass is 10.0. The van der Waals surface area contributed by atoms with Crippen molar-refractivity contribution in [2.45, 2.75) is 19.9 Å². The summed E-state index contributed by atoms with van der Waals surface area (Å²) in [5.74, 6) is -0.261. The van der Waals surface area contributed by atoms with Gasteiger partial charge in [0, 0.05) is 34.8 Å². The molecule has 9 heteroatoms. The van der Waals surface area contributed by atoms with E-state index in [1.54, 1.807) is 41.7 Å². The van der Waals surface area contributed by atoms with Crippen molar-refractivity contribution in [2.75, 3.05) is 11.9 Å². The predicted octanol–water partition coefficient (Wildman–Crippen LogP) is 3.48. The van der Waals surface area contributed by atoms with Crippen LogP contribution in [-0.4, -0.2) is 43.5 Å². The second kappa shape index (κ2) is 8.35. The molecule has 0 atom stereocenters. The maximum atomic E-state index is 13.2. The summed E-state index contributed by atoms with van der Waals surface area (Å²) in [6, 6.07) is 14.5. The zero-order valence-electron chi connectivity index (χ0n) is 17.4. The molecular weight excluding hydrogens is 424 g/mol. The molecule has 0 spiro atoms. The number of rotatable bonds is 4. The number of nitrogens with one attached hydrogen (secondary N) is 1. The van der Waals surface area contributed by atoms with Crippen LogP contribution in [0.2, 0.25) is 0 Å². The van der Waals surface area contributed by atoms with Crippen molar-refractivity contribution in [1.29, 1.82) is 0 Å². The molecule has 1 aliphatic heterocycles. The van der Waals surface area contributed by atoms with E-state index in [1.807, 2.05) is 24.0 Å². The Morgan fingerprint density at radius 1 is 1.09 bits per heavy atom. The molecule has 8 nitrogen and oxygen atoms in total. The number of tetrazole rings is 1. The van der Waals surface area contributed by atoms with Gasteiger partial charge >= 0.3 is 0 Å². The lowest BCUT2D eigenvalue weighted by Gasteiger charge is -2.28. The Balaban J connectivity index is 1.32. The minimum atomic E-state index is -0.248. The summed E-state index contributed by atoms with van der Waals surface area (Å²) < 4.78 is 1.51. The van der Waals surface area contributed by atoms with Gasteiger partial charge in [0.1, 0.15) is 6.33 Å². The second-order valence-corrected chi connectivity index (χ2v) is 8.58. The van der Waals surface area contributed by atoms with Gasteiger partial charge < -0.3 is 10.2 Å². The number of carbonyl (C=O) groups excluding carboxylic acids is 2. The van der Waals surface area contributed by atoms with Crippen LogP contribution in [0.1, 0.15) is 36.7 Å². The summed E-state index contributed by atoms with van der Waals surface area (Å²) in [7, 11) is 0. The summed E-state index contributed by atoms with van der Waals surface area (Å²) in [6.07, 6.45) is 2.37. The number of anilines is 1. The summed E-state index contributed by atoms with van der Waals surface area (Å²) in [5, 5.41) is 16.1. The first-order valence-corrected chi connectivity index (χ1v) is 11.1. The van der Waals surface area contributed by atoms with Crippen LogP contribution in [0.25, 0.3) is 5.69 Å². The summed E-state index contributed by atoms with van der Waals surface area (Å²) in [4.78, 5) is 29.2. The third-order valence-corrected chi connectivity index (χ3v) is 6.67. The standard InChI is InChI=1S/C23H20N6O2S/c1-15-19(23(31)28-11-9-21-17(13-28)10-12-32-21)3-2-4-20(15)25-22(30)16-5-7-18(8-6-16)29-14-24-26-27-29/h2-8,10,12,14H,9,11,13H2,1H3,(H,25,30). The van der Waals surface area contributed by atoms with Crippen molar-refractivity contribution in [3.8, 4) is 5.69 Å². The summed E-state index contributed by atoms with van der Waals surface area (Å²) in [6.45, 7) is 3.20. The van der Waals surface area contributed by atoms with E-state index in [0.29, 0.717) is 29.9 Å². The van der Waals surface area contributed by atoms with E-state index in [2.05, 4.69) is 32.3 Å². The first-order valence-electron chi connectivity index (χ1n) is 10.2. The number of nitrogens with zero attached hydrogens (tertiary/aromatic N) is 5. The van der Waals surface area contributed by atoms with Crippen LogP contribution in [-0.2, 0) is 13.0 Å².